The van der Waals surface area contributed by atoms with Gasteiger partial charge in [0, 0.05) is 6.42 Å². The molecule has 94 valence electrons. The molecule has 0 aromatic carbocycles. The summed E-state index contributed by atoms with van der Waals surface area (Å²) >= 11 is 0. The zero-order valence-corrected chi connectivity index (χ0v) is 10.1. The van der Waals surface area contributed by atoms with Crippen LogP contribution in [0.5, 0.6) is 0 Å². The Hall–Kier alpha value is -0.610. The summed E-state index contributed by atoms with van der Waals surface area (Å²) in [6.07, 6.45) is 1.41. The van der Waals surface area contributed by atoms with Gasteiger partial charge in [0.05, 0.1) is 24.7 Å². The Morgan fingerprint density at radius 1 is 1.31 bits per heavy atom. The fourth-order valence-corrected chi connectivity index (χ4v) is 2.59. The zero-order valence-electron chi connectivity index (χ0n) is 10.1. The van der Waals surface area contributed by atoms with Crippen LogP contribution in [0.2, 0.25) is 0 Å². The van der Waals surface area contributed by atoms with Crippen molar-refractivity contribution >= 4 is 5.97 Å². The van der Waals surface area contributed by atoms with Gasteiger partial charge in [0.25, 0.3) is 0 Å². The van der Waals surface area contributed by atoms with E-state index in [9.17, 15) is 15.0 Å². The molecular weight excluding hydrogens is 208 g/mol. The lowest BCUT2D eigenvalue weighted by Gasteiger charge is -2.36. The Labute approximate surface area is 96.6 Å². The van der Waals surface area contributed by atoms with Crippen LogP contribution >= 0.6 is 0 Å². The van der Waals surface area contributed by atoms with Crippen LogP contribution in [-0.2, 0) is 9.53 Å². The third-order valence-electron chi connectivity index (χ3n) is 3.23. The van der Waals surface area contributed by atoms with Crippen LogP contribution in [0.3, 0.4) is 0 Å². The van der Waals surface area contributed by atoms with Crippen molar-refractivity contribution in [3.8, 4) is 0 Å². The molecule has 1 aliphatic rings. The van der Waals surface area contributed by atoms with Crippen molar-refractivity contribution < 1.29 is 19.7 Å². The molecule has 1 fully saturated rings. The number of hydrogen-bond donors (Lipinski definition) is 2. The van der Waals surface area contributed by atoms with Crippen molar-refractivity contribution in [3.63, 3.8) is 0 Å². The average Bonchev–Trinajstić information content (AvgIpc) is 2.17. The normalized spacial score (nSPS) is 34.8. The minimum absolute atomic E-state index is 0.0443. The molecule has 1 aliphatic carbocycles. The Morgan fingerprint density at radius 2 is 2.00 bits per heavy atom. The summed E-state index contributed by atoms with van der Waals surface area (Å²) in [4.78, 5) is 11.7. The van der Waals surface area contributed by atoms with Crippen molar-refractivity contribution in [1.82, 2.24) is 0 Å². The Morgan fingerprint density at radius 3 is 2.56 bits per heavy atom. The van der Waals surface area contributed by atoms with E-state index in [1.54, 1.807) is 6.92 Å². The molecule has 4 nitrogen and oxygen atoms in total. The second-order valence-electron chi connectivity index (χ2n) is 4.52. The summed E-state index contributed by atoms with van der Waals surface area (Å²) in [6.45, 7) is 4.13. The van der Waals surface area contributed by atoms with Crippen molar-refractivity contribution in [2.45, 2.75) is 51.7 Å². The summed E-state index contributed by atoms with van der Waals surface area (Å²) in [5, 5.41) is 19.5. The molecule has 0 spiro atoms. The Balaban J connectivity index is 2.70. The van der Waals surface area contributed by atoms with Gasteiger partial charge in [-0.2, -0.15) is 0 Å². The van der Waals surface area contributed by atoms with E-state index in [1.165, 1.54) is 0 Å². The van der Waals surface area contributed by atoms with Crippen LogP contribution in [0, 0.1) is 11.8 Å². The summed E-state index contributed by atoms with van der Waals surface area (Å²) < 4.78 is 4.98. The SMILES string of the molecule is CCCC1CC(O)CC(O)C1C(=O)OCC. The van der Waals surface area contributed by atoms with Crippen molar-refractivity contribution in [1.29, 1.82) is 0 Å². The third kappa shape index (κ3) is 3.19. The van der Waals surface area contributed by atoms with Gasteiger partial charge in [-0.3, -0.25) is 4.79 Å². The highest BCUT2D eigenvalue weighted by molar-refractivity contribution is 5.73. The fourth-order valence-electron chi connectivity index (χ4n) is 2.59. The molecule has 0 aliphatic heterocycles. The maximum Gasteiger partial charge on any atom is 0.311 e. The molecule has 0 bridgehead atoms. The first-order valence-electron chi connectivity index (χ1n) is 6.12. The smallest absolute Gasteiger partial charge is 0.311 e. The number of aliphatic hydroxyl groups is 2. The lowest BCUT2D eigenvalue weighted by Crippen LogP contribution is -2.43. The lowest BCUT2D eigenvalue weighted by atomic mass is 9.74. The van der Waals surface area contributed by atoms with Gasteiger partial charge in [-0.25, -0.2) is 0 Å². The molecule has 0 amide bonds. The standard InChI is InChI=1S/C12H22O4/c1-3-5-8-6-9(13)7-10(14)11(8)12(15)16-4-2/h8-11,13-14H,3-7H2,1-2H3. The highest BCUT2D eigenvalue weighted by atomic mass is 16.5. The van der Waals surface area contributed by atoms with Crippen LogP contribution in [0.1, 0.15) is 39.5 Å². The molecule has 16 heavy (non-hydrogen) atoms. The first-order chi connectivity index (χ1) is 7.60. The van der Waals surface area contributed by atoms with Crippen LogP contribution in [0.25, 0.3) is 0 Å². The van der Waals surface area contributed by atoms with Gasteiger partial charge in [-0.1, -0.05) is 13.3 Å². The largest absolute Gasteiger partial charge is 0.466 e. The minimum Gasteiger partial charge on any atom is -0.466 e. The van der Waals surface area contributed by atoms with Crippen LogP contribution in [0.15, 0.2) is 0 Å². The van der Waals surface area contributed by atoms with E-state index in [0.717, 1.165) is 12.8 Å². The molecule has 0 radical (unpaired) electrons. The van der Waals surface area contributed by atoms with Gasteiger partial charge in [-0.05, 0) is 25.7 Å². The van der Waals surface area contributed by atoms with Gasteiger partial charge < -0.3 is 14.9 Å². The number of esters is 1. The fraction of sp³-hybridized carbons (Fsp3) is 0.917. The molecule has 0 heterocycles. The summed E-state index contributed by atoms with van der Waals surface area (Å²) in [5.41, 5.74) is 0. The van der Waals surface area contributed by atoms with Crippen molar-refractivity contribution in [2.75, 3.05) is 6.61 Å². The molecule has 4 unspecified atom stereocenters. The van der Waals surface area contributed by atoms with E-state index >= 15 is 0 Å². The number of aliphatic hydroxyl groups excluding tert-OH is 2. The maximum atomic E-state index is 11.7. The molecule has 1 saturated carbocycles. The molecule has 1 rings (SSSR count). The Kier molecular flexibility index (Phi) is 5.22. The van der Waals surface area contributed by atoms with E-state index in [2.05, 4.69) is 0 Å². The zero-order chi connectivity index (χ0) is 12.1. The van der Waals surface area contributed by atoms with Gasteiger partial charge in [-0.15, -0.1) is 0 Å². The van der Waals surface area contributed by atoms with Crippen molar-refractivity contribution in [3.05, 3.63) is 0 Å². The van der Waals surface area contributed by atoms with Crippen LogP contribution in [-0.4, -0.2) is 35.0 Å². The third-order valence-corrected chi connectivity index (χ3v) is 3.23. The first kappa shape index (κ1) is 13.5. The van der Waals surface area contributed by atoms with Gasteiger partial charge in [0.1, 0.15) is 0 Å². The van der Waals surface area contributed by atoms with E-state index in [0.29, 0.717) is 13.0 Å². The number of hydrogen-bond acceptors (Lipinski definition) is 4. The predicted octanol–water partition coefficient (Wildman–Crippen LogP) is 1.10. The molecule has 4 atom stereocenters. The highest BCUT2D eigenvalue weighted by Crippen LogP contribution is 2.34. The lowest BCUT2D eigenvalue weighted by molar-refractivity contribution is -0.160. The number of carbonyl (C=O) groups is 1. The van der Waals surface area contributed by atoms with Crippen LogP contribution in [0.4, 0.5) is 0 Å². The van der Waals surface area contributed by atoms with Gasteiger partial charge in [0.2, 0.25) is 0 Å². The first-order valence-corrected chi connectivity index (χ1v) is 6.12. The quantitative estimate of drug-likeness (QED) is 0.710. The monoisotopic (exact) mass is 230 g/mol. The molecule has 2 N–H and O–H groups in total. The second-order valence-corrected chi connectivity index (χ2v) is 4.52. The predicted molar refractivity (Wildman–Crippen MR) is 59.8 cm³/mol. The maximum absolute atomic E-state index is 11.7. The molecule has 4 heteroatoms. The van der Waals surface area contributed by atoms with Crippen LogP contribution < -0.4 is 0 Å². The number of ether oxygens (including phenoxy) is 1. The van der Waals surface area contributed by atoms with E-state index in [1.807, 2.05) is 6.92 Å². The molecule has 0 aromatic rings. The van der Waals surface area contributed by atoms with E-state index in [-0.39, 0.29) is 18.3 Å². The molecule has 0 aromatic heterocycles. The average molecular weight is 230 g/mol. The Bertz CT molecular complexity index is 229. The molecular formula is C12H22O4. The van der Waals surface area contributed by atoms with E-state index < -0.39 is 18.1 Å². The van der Waals surface area contributed by atoms with Gasteiger partial charge in [0.15, 0.2) is 0 Å². The van der Waals surface area contributed by atoms with Gasteiger partial charge >= 0.3 is 5.97 Å². The molecule has 0 saturated heterocycles. The number of carbonyl (C=O) groups excluding carboxylic acids is 1. The topological polar surface area (TPSA) is 66.8 Å². The summed E-state index contributed by atoms with van der Waals surface area (Å²) in [5.74, 6) is -0.730. The van der Waals surface area contributed by atoms with Crippen molar-refractivity contribution in [2.24, 2.45) is 11.8 Å². The number of rotatable bonds is 4. The highest BCUT2D eigenvalue weighted by Gasteiger charge is 2.41. The minimum atomic E-state index is -0.764. The van der Waals surface area contributed by atoms with E-state index in [4.69, 9.17) is 4.74 Å². The summed E-state index contributed by atoms with van der Waals surface area (Å²) in [6, 6.07) is 0. The second kappa shape index (κ2) is 6.21. The summed E-state index contributed by atoms with van der Waals surface area (Å²) in [7, 11) is 0.